The van der Waals surface area contributed by atoms with E-state index < -0.39 is 0 Å². The maximum Gasteiger partial charge on any atom is 0.227 e. The molecule has 2 rings (SSSR count). The Labute approximate surface area is 98.3 Å². The largest absolute Gasteiger partial charge is 0.340 e. The van der Waals surface area contributed by atoms with Crippen LogP contribution < -0.4 is 5.32 Å². The van der Waals surface area contributed by atoms with Crippen molar-refractivity contribution >= 4 is 0 Å². The number of nitrogens with one attached hydrogen (secondary N) is 1. The fraction of sp³-hybridized carbons (Fsp3) is 0.273. The minimum Gasteiger partial charge on any atom is -0.340 e. The zero-order valence-corrected chi connectivity index (χ0v) is 9.13. The molecule has 2 heterocycles. The summed E-state index contributed by atoms with van der Waals surface area (Å²) in [5.74, 6) is 0.616. The molecule has 0 aliphatic carbocycles. The van der Waals surface area contributed by atoms with Crippen LogP contribution in [0.4, 0.5) is 0 Å². The van der Waals surface area contributed by atoms with Crippen molar-refractivity contribution in [2.75, 3.05) is 6.54 Å². The Kier molecular flexibility index (Phi) is 3.78. The van der Waals surface area contributed by atoms with Crippen molar-refractivity contribution in [3.63, 3.8) is 0 Å². The van der Waals surface area contributed by atoms with Gasteiger partial charge in [0, 0.05) is 25.7 Å². The standard InChI is InChI=1S/C11H11N5O/c12-6-10-5-9(1-4-14-10)7-13-3-2-11-15-8-16-17-11/h1,4-5,8,13H,2-3,7H2. The molecule has 0 aliphatic rings. The summed E-state index contributed by atoms with van der Waals surface area (Å²) in [5.41, 5.74) is 1.46. The van der Waals surface area contributed by atoms with Crippen LogP contribution in [0.15, 0.2) is 29.2 Å². The predicted octanol–water partition coefficient (Wildman–Crippen LogP) is 0.669. The normalized spacial score (nSPS) is 10.1. The van der Waals surface area contributed by atoms with Crippen molar-refractivity contribution in [2.24, 2.45) is 0 Å². The lowest BCUT2D eigenvalue weighted by Crippen LogP contribution is -2.16. The molecule has 6 nitrogen and oxygen atoms in total. The second-order valence-electron chi connectivity index (χ2n) is 3.42. The number of hydrogen-bond donors (Lipinski definition) is 1. The topological polar surface area (TPSA) is 87.6 Å². The highest BCUT2D eigenvalue weighted by Crippen LogP contribution is 2.00. The van der Waals surface area contributed by atoms with E-state index in [0.29, 0.717) is 24.6 Å². The molecule has 0 aromatic carbocycles. The van der Waals surface area contributed by atoms with Gasteiger partial charge in [0.2, 0.25) is 5.89 Å². The van der Waals surface area contributed by atoms with E-state index in [2.05, 4.69) is 20.4 Å². The van der Waals surface area contributed by atoms with E-state index in [1.807, 2.05) is 12.1 Å². The summed E-state index contributed by atoms with van der Waals surface area (Å²) >= 11 is 0. The van der Waals surface area contributed by atoms with E-state index in [1.165, 1.54) is 6.33 Å². The smallest absolute Gasteiger partial charge is 0.227 e. The molecule has 0 saturated heterocycles. The average Bonchev–Trinajstić information content (AvgIpc) is 2.88. The third-order valence-electron chi connectivity index (χ3n) is 2.19. The summed E-state index contributed by atoms with van der Waals surface area (Å²) in [6.07, 6.45) is 3.71. The maximum absolute atomic E-state index is 8.70. The molecule has 0 radical (unpaired) electrons. The number of rotatable bonds is 5. The van der Waals surface area contributed by atoms with Crippen molar-refractivity contribution in [1.29, 1.82) is 5.26 Å². The van der Waals surface area contributed by atoms with E-state index in [0.717, 1.165) is 12.1 Å². The number of pyridine rings is 1. The number of hydrogen-bond acceptors (Lipinski definition) is 6. The van der Waals surface area contributed by atoms with Gasteiger partial charge in [0.15, 0.2) is 6.33 Å². The van der Waals surface area contributed by atoms with Gasteiger partial charge in [0.25, 0.3) is 0 Å². The Balaban J connectivity index is 1.76. The molecule has 17 heavy (non-hydrogen) atoms. The van der Waals surface area contributed by atoms with Crippen molar-refractivity contribution in [1.82, 2.24) is 20.4 Å². The van der Waals surface area contributed by atoms with Crippen LogP contribution in [-0.2, 0) is 13.0 Å². The van der Waals surface area contributed by atoms with Gasteiger partial charge in [-0.1, -0.05) is 5.16 Å². The predicted molar refractivity (Wildman–Crippen MR) is 58.7 cm³/mol. The summed E-state index contributed by atoms with van der Waals surface area (Å²) in [6, 6.07) is 5.65. The molecular formula is C11H11N5O. The lowest BCUT2D eigenvalue weighted by molar-refractivity contribution is 0.375. The first-order valence-corrected chi connectivity index (χ1v) is 5.20. The van der Waals surface area contributed by atoms with Gasteiger partial charge in [-0.3, -0.25) is 0 Å². The number of nitrogens with zero attached hydrogens (tertiary/aromatic N) is 4. The Morgan fingerprint density at radius 1 is 1.41 bits per heavy atom. The Bertz CT molecular complexity index is 503. The monoisotopic (exact) mass is 229 g/mol. The zero-order chi connectivity index (χ0) is 11.9. The fourth-order valence-electron chi connectivity index (χ4n) is 1.38. The van der Waals surface area contributed by atoms with Crippen molar-refractivity contribution < 1.29 is 4.52 Å². The van der Waals surface area contributed by atoms with Gasteiger partial charge < -0.3 is 9.84 Å². The Morgan fingerprint density at radius 3 is 3.12 bits per heavy atom. The van der Waals surface area contributed by atoms with Crippen LogP contribution in [0.2, 0.25) is 0 Å². The van der Waals surface area contributed by atoms with E-state index in [1.54, 1.807) is 12.3 Å². The molecule has 0 bridgehead atoms. The summed E-state index contributed by atoms with van der Waals surface area (Å²) < 4.78 is 4.87. The first-order chi connectivity index (χ1) is 8.38. The SMILES string of the molecule is N#Cc1cc(CNCCc2ncno2)ccn1. The summed E-state index contributed by atoms with van der Waals surface area (Å²) in [5, 5.41) is 15.4. The third-order valence-corrected chi connectivity index (χ3v) is 2.19. The fourth-order valence-corrected chi connectivity index (χ4v) is 1.38. The van der Waals surface area contributed by atoms with Crippen molar-refractivity contribution in [2.45, 2.75) is 13.0 Å². The molecule has 2 aromatic heterocycles. The molecule has 0 fully saturated rings. The number of nitriles is 1. The van der Waals surface area contributed by atoms with Gasteiger partial charge in [-0.15, -0.1) is 0 Å². The van der Waals surface area contributed by atoms with E-state index in [4.69, 9.17) is 9.78 Å². The highest BCUT2D eigenvalue weighted by Gasteiger charge is 1.99. The molecule has 0 atom stereocenters. The third kappa shape index (κ3) is 3.36. The molecule has 0 amide bonds. The van der Waals surface area contributed by atoms with Crippen LogP contribution in [0.5, 0.6) is 0 Å². The number of aromatic nitrogens is 3. The molecule has 0 saturated carbocycles. The first kappa shape index (κ1) is 11.2. The van der Waals surface area contributed by atoms with Gasteiger partial charge >= 0.3 is 0 Å². The summed E-state index contributed by atoms with van der Waals surface area (Å²) in [4.78, 5) is 7.82. The quantitative estimate of drug-likeness (QED) is 0.758. The van der Waals surface area contributed by atoms with E-state index in [-0.39, 0.29) is 0 Å². The first-order valence-electron chi connectivity index (χ1n) is 5.20. The van der Waals surface area contributed by atoms with Crippen LogP contribution >= 0.6 is 0 Å². The van der Waals surface area contributed by atoms with Crippen molar-refractivity contribution in [3.8, 4) is 6.07 Å². The highest BCUT2D eigenvalue weighted by atomic mass is 16.5. The van der Waals surface area contributed by atoms with E-state index >= 15 is 0 Å². The molecule has 0 spiro atoms. The molecular weight excluding hydrogens is 218 g/mol. The van der Waals surface area contributed by atoms with Crippen LogP contribution in [0, 0.1) is 11.3 Å². The van der Waals surface area contributed by atoms with Crippen molar-refractivity contribution in [3.05, 3.63) is 41.8 Å². The Hall–Kier alpha value is -2.26. The lowest BCUT2D eigenvalue weighted by atomic mass is 10.2. The molecule has 86 valence electrons. The summed E-state index contributed by atoms with van der Waals surface area (Å²) in [7, 11) is 0. The van der Waals surface area contributed by atoms with Gasteiger partial charge in [-0.25, -0.2) is 4.98 Å². The van der Waals surface area contributed by atoms with Crippen LogP contribution in [0.25, 0.3) is 0 Å². The average molecular weight is 229 g/mol. The van der Waals surface area contributed by atoms with Crippen LogP contribution in [0.3, 0.4) is 0 Å². The molecule has 1 N–H and O–H groups in total. The minimum absolute atomic E-state index is 0.432. The minimum atomic E-state index is 0.432. The summed E-state index contributed by atoms with van der Waals surface area (Å²) in [6.45, 7) is 1.43. The molecule has 6 heteroatoms. The molecule has 0 unspecified atom stereocenters. The second kappa shape index (κ2) is 5.72. The van der Waals surface area contributed by atoms with Crippen LogP contribution in [0.1, 0.15) is 17.1 Å². The highest BCUT2D eigenvalue weighted by molar-refractivity contribution is 5.25. The van der Waals surface area contributed by atoms with Gasteiger partial charge in [0.05, 0.1) is 0 Å². The van der Waals surface area contributed by atoms with Gasteiger partial charge in [0.1, 0.15) is 11.8 Å². The maximum atomic E-state index is 8.70. The van der Waals surface area contributed by atoms with Crippen LogP contribution in [-0.4, -0.2) is 21.7 Å². The van der Waals surface area contributed by atoms with Gasteiger partial charge in [-0.2, -0.15) is 10.2 Å². The van der Waals surface area contributed by atoms with E-state index in [9.17, 15) is 0 Å². The zero-order valence-electron chi connectivity index (χ0n) is 9.13. The molecule has 2 aromatic rings. The Morgan fingerprint density at radius 2 is 2.35 bits per heavy atom. The second-order valence-corrected chi connectivity index (χ2v) is 3.42. The lowest BCUT2D eigenvalue weighted by Gasteiger charge is -2.02. The molecule has 0 aliphatic heterocycles. The van der Waals surface area contributed by atoms with Gasteiger partial charge in [-0.05, 0) is 17.7 Å².